The van der Waals surface area contributed by atoms with Crippen LogP contribution in [0.15, 0.2) is 51.9 Å². The maximum atomic E-state index is 13.1. The zero-order valence-electron chi connectivity index (χ0n) is 21.2. The van der Waals surface area contributed by atoms with Crippen molar-refractivity contribution in [3.63, 3.8) is 0 Å². The van der Waals surface area contributed by atoms with Crippen LogP contribution < -0.4 is 10.3 Å². The number of ether oxygens (including phenoxy) is 1. The van der Waals surface area contributed by atoms with Crippen molar-refractivity contribution < 1.29 is 9.15 Å². The van der Waals surface area contributed by atoms with Crippen LogP contribution in [0, 0.1) is 5.92 Å². The van der Waals surface area contributed by atoms with Gasteiger partial charge in [-0.15, -0.1) is 5.10 Å². The topological polar surface area (TPSA) is 102 Å². The van der Waals surface area contributed by atoms with E-state index in [2.05, 4.69) is 39.3 Å². The van der Waals surface area contributed by atoms with Gasteiger partial charge in [-0.1, -0.05) is 33.1 Å². The number of nitrogens with zero attached hydrogens (tertiary/aromatic N) is 5. The molecule has 9 nitrogen and oxygen atoms in total. The molecule has 1 fully saturated rings. The van der Waals surface area contributed by atoms with Crippen LogP contribution in [-0.2, 0) is 13.1 Å². The summed E-state index contributed by atoms with van der Waals surface area (Å²) < 4.78 is 13.2. The van der Waals surface area contributed by atoms with Gasteiger partial charge in [-0.25, -0.2) is 4.68 Å². The van der Waals surface area contributed by atoms with Gasteiger partial charge < -0.3 is 14.1 Å². The number of hydrogen-bond donors (Lipinski definition) is 1. The molecule has 4 aromatic rings. The van der Waals surface area contributed by atoms with Gasteiger partial charge in [-0.05, 0) is 65.6 Å². The molecule has 1 atom stereocenters. The van der Waals surface area contributed by atoms with Gasteiger partial charge in [0.2, 0.25) is 0 Å². The first-order chi connectivity index (χ1) is 17.5. The average molecular weight is 491 g/mol. The lowest BCUT2D eigenvalue weighted by Crippen LogP contribution is -2.36. The molecule has 3 aromatic heterocycles. The minimum absolute atomic E-state index is 0.104. The molecule has 36 heavy (non-hydrogen) atoms. The molecule has 0 saturated heterocycles. The Morgan fingerprint density at radius 3 is 2.72 bits per heavy atom. The van der Waals surface area contributed by atoms with Crippen molar-refractivity contribution in [3.05, 3.63) is 70.2 Å². The van der Waals surface area contributed by atoms with Gasteiger partial charge in [0.05, 0.1) is 32.0 Å². The van der Waals surface area contributed by atoms with Crippen molar-refractivity contribution in [1.82, 2.24) is 30.1 Å². The largest absolute Gasteiger partial charge is 0.497 e. The van der Waals surface area contributed by atoms with Crippen molar-refractivity contribution in [2.45, 2.75) is 71.1 Å². The second-order valence-electron chi connectivity index (χ2n) is 10.0. The van der Waals surface area contributed by atoms with Crippen LogP contribution >= 0.6 is 0 Å². The van der Waals surface area contributed by atoms with Gasteiger partial charge in [0.1, 0.15) is 11.5 Å². The SMILES string of the molecule is COc1ccc2[nH]c(=O)c(CN(Cc3ccco3)[C@H](c3nnnn3C3CCCCC3)C(C)C)cc2c1. The number of aromatic amines is 1. The monoisotopic (exact) mass is 490 g/mol. The van der Waals surface area contributed by atoms with Crippen LogP contribution in [0.5, 0.6) is 5.75 Å². The first-order valence-corrected chi connectivity index (χ1v) is 12.8. The molecule has 1 aromatic carbocycles. The fourth-order valence-electron chi connectivity index (χ4n) is 5.41. The summed E-state index contributed by atoms with van der Waals surface area (Å²) in [4.78, 5) is 18.4. The maximum absolute atomic E-state index is 13.1. The van der Waals surface area contributed by atoms with E-state index in [0.717, 1.165) is 41.1 Å². The third-order valence-corrected chi connectivity index (χ3v) is 7.17. The smallest absolute Gasteiger partial charge is 0.252 e. The first-order valence-electron chi connectivity index (χ1n) is 12.8. The minimum Gasteiger partial charge on any atom is -0.497 e. The molecule has 5 rings (SSSR count). The van der Waals surface area contributed by atoms with E-state index < -0.39 is 0 Å². The number of furan rings is 1. The van der Waals surface area contributed by atoms with E-state index in [4.69, 9.17) is 9.15 Å². The Balaban J connectivity index is 1.54. The molecule has 1 aliphatic rings. The molecule has 0 unspecified atom stereocenters. The van der Waals surface area contributed by atoms with E-state index >= 15 is 0 Å². The Kier molecular flexibility index (Phi) is 7.18. The molecule has 0 bridgehead atoms. The standard InChI is InChI=1S/C27H34N6O3/c1-18(2)25(26-29-30-31-33(26)21-8-5-4-6-9-21)32(17-23-10-7-13-36-23)16-20-14-19-15-22(35-3)11-12-24(19)28-27(20)34/h7,10-15,18,21,25H,4-6,8-9,16-17H2,1-3H3,(H,28,34)/t25-/m0/s1. The second kappa shape index (κ2) is 10.7. The summed E-state index contributed by atoms with van der Waals surface area (Å²) in [6.07, 6.45) is 7.52. The molecular weight excluding hydrogens is 456 g/mol. The zero-order chi connectivity index (χ0) is 25.1. The van der Waals surface area contributed by atoms with E-state index in [1.807, 2.05) is 41.1 Å². The third-order valence-electron chi connectivity index (χ3n) is 7.17. The van der Waals surface area contributed by atoms with Gasteiger partial charge in [-0.2, -0.15) is 0 Å². The predicted octanol–water partition coefficient (Wildman–Crippen LogP) is 5.02. The first kappa shape index (κ1) is 24.2. The molecule has 0 aliphatic heterocycles. The summed E-state index contributed by atoms with van der Waals surface area (Å²) in [5.41, 5.74) is 1.35. The lowest BCUT2D eigenvalue weighted by atomic mass is 9.94. The van der Waals surface area contributed by atoms with Gasteiger partial charge in [-0.3, -0.25) is 9.69 Å². The molecule has 3 heterocycles. The van der Waals surface area contributed by atoms with E-state index in [1.54, 1.807) is 13.4 Å². The molecule has 1 N–H and O–H groups in total. The van der Waals surface area contributed by atoms with Crippen molar-refractivity contribution in [2.75, 3.05) is 7.11 Å². The highest BCUT2D eigenvalue weighted by Crippen LogP contribution is 2.34. The Morgan fingerprint density at radius 1 is 1.17 bits per heavy atom. The highest BCUT2D eigenvalue weighted by Gasteiger charge is 2.32. The van der Waals surface area contributed by atoms with E-state index in [-0.39, 0.29) is 17.5 Å². The van der Waals surface area contributed by atoms with Gasteiger partial charge in [0.25, 0.3) is 5.56 Å². The molecule has 190 valence electrons. The number of aromatic nitrogens is 5. The van der Waals surface area contributed by atoms with Crippen LogP contribution in [-0.4, -0.2) is 37.2 Å². The Bertz CT molecular complexity index is 1340. The number of tetrazole rings is 1. The van der Waals surface area contributed by atoms with Crippen LogP contribution in [0.1, 0.15) is 75.2 Å². The predicted molar refractivity (Wildman–Crippen MR) is 137 cm³/mol. The van der Waals surface area contributed by atoms with E-state index in [0.29, 0.717) is 24.7 Å². The van der Waals surface area contributed by atoms with E-state index in [9.17, 15) is 4.79 Å². The number of hydrogen-bond acceptors (Lipinski definition) is 7. The van der Waals surface area contributed by atoms with Gasteiger partial charge >= 0.3 is 0 Å². The fourth-order valence-corrected chi connectivity index (χ4v) is 5.41. The van der Waals surface area contributed by atoms with Crippen molar-refractivity contribution in [2.24, 2.45) is 5.92 Å². The van der Waals surface area contributed by atoms with Crippen LogP contribution in [0.2, 0.25) is 0 Å². The Hall–Kier alpha value is -3.46. The van der Waals surface area contributed by atoms with Crippen LogP contribution in [0.4, 0.5) is 0 Å². The number of H-pyrrole nitrogens is 1. The number of rotatable bonds is 9. The number of pyridine rings is 1. The molecule has 1 aliphatic carbocycles. The Labute approximate surface area is 210 Å². The highest BCUT2D eigenvalue weighted by molar-refractivity contribution is 5.80. The van der Waals surface area contributed by atoms with Gasteiger partial charge in [0, 0.05) is 23.0 Å². The quantitative estimate of drug-likeness (QED) is 0.351. The van der Waals surface area contributed by atoms with Crippen molar-refractivity contribution in [3.8, 4) is 5.75 Å². The van der Waals surface area contributed by atoms with Crippen LogP contribution in [0.3, 0.4) is 0 Å². The fraction of sp³-hybridized carbons (Fsp3) is 0.481. The molecule has 0 amide bonds. The summed E-state index contributed by atoms with van der Waals surface area (Å²) >= 11 is 0. The number of methoxy groups -OCH3 is 1. The van der Waals surface area contributed by atoms with E-state index in [1.165, 1.54) is 19.3 Å². The molecule has 0 spiro atoms. The second-order valence-corrected chi connectivity index (χ2v) is 10.0. The number of nitrogens with one attached hydrogen (secondary N) is 1. The normalized spacial score (nSPS) is 15.7. The number of fused-ring (bicyclic) bond motifs is 1. The zero-order valence-corrected chi connectivity index (χ0v) is 21.2. The molecular formula is C27H34N6O3. The third kappa shape index (κ3) is 5.06. The summed E-state index contributed by atoms with van der Waals surface area (Å²) in [6, 6.07) is 11.7. The summed E-state index contributed by atoms with van der Waals surface area (Å²) in [7, 11) is 1.64. The lowest BCUT2D eigenvalue weighted by Gasteiger charge is -2.34. The summed E-state index contributed by atoms with van der Waals surface area (Å²) in [5.74, 6) is 2.63. The minimum atomic E-state index is -0.105. The lowest BCUT2D eigenvalue weighted by molar-refractivity contribution is 0.112. The van der Waals surface area contributed by atoms with Gasteiger partial charge in [0.15, 0.2) is 5.82 Å². The molecule has 9 heteroatoms. The average Bonchev–Trinajstić information content (AvgIpc) is 3.57. The van der Waals surface area contributed by atoms with Crippen LogP contribution in [0.25, 0.3) is 10.9 Å². The Morgan fingerprint density at radius 2 is 2.00 bits per heavy atom. The maximum Gasteiger partial charge on any atom is 0.252 e. The molecule has 0 radical (unpaired) electrons. The highest BCUT2D eigenvalue weighted by atomic mass is 16.5. The molecule has 1 saturated carbocycles. The number of benzene rings is 1. The summed E-state index contributed by atoms with van der Waals surface area (Å²) in [5, 5.41) is 14.0. The van der Waals surface area contributed by atoms with Crippen molar-refractivity contribution >= 4 is 10.9 Å². The van der Waals surface area contributed by atoms with Crippen molar-refractivity contribution in [1.29, 1.82) is 0 Å². The summed E-state index contributed by atoms with van der Waals surface area (Å²) in [6.45, 7) is 5.30.